The first kappa shape index (κ1) is 24.6. The number of nitrogens with one attached hydrogen (secondary N) is 1. The Morgan fingerprint density at radius 1 is 0.872 bits per heavy atom. The molecule has 0 saturated carbocycles. The van der Waals surface area contributed by atoms with Crippen molar-refractivity contribution in [2.24, 2.45) is 4.99 Å². The fraction of sp³-hybridized carbons (Fsp3) is 0.143. The van der Waals surface area contributed by atoms with Gasteiger partial charge in [0.05, 0.1) is 11.4 Å². The third kappa shape index (κ3) is 4.82. The van der Waals surface area contributed by atoms with Crippen LogP contribution in [0.3, 0.4) is 0 Å². The summed E-state index contributed by atoms with van der Waals surface area (Å²) < 4.78 is 0. The zero-order chi connectivity index (χ0) is 26.8. The summed E-state index contributed by atoms with van der Waals surface area (Å²) in [5.74, 6) is 0.486. The van der Waals surface area contributed by atoms with Gasteiger partial charge in [0, 0.05) is 35.2 Å². The third-order valence-corrected chi connectivity index (χ3v) is 7.66. The van der Waals surface area contributed by atoms with E-state index in [1.54, 1.807) is 18.3 Å². The van der Waals surface area contributed by atoms with Gasteiger partial charge in [0.15, 0.2) is 5.78 Å². The van der Waals surface area contributed by atoms with E-state index in [9.17, 15) is 4.79 Å². The molecule has 0 radical (unpaired) electrons. The second kappa shape index (κ2) is 10.6. The molecule has 2 aliphatic carbocycles. The molecule has 7 rings (SSSR count). The molecule has 0 spiro atoms. The minimum Gasteiger partial charge on any atom is -0.399 e. The van der Waals surface area contributed by atoms with E-state index >= 15 is 0 Å². The predicted octanol–water partition coefficient (Wildman–Crippen LogP) is 6.15. The molecule has 0 bridgehead atoms. The van der Waals surface area contributed by atoms with Gasteiger partial charge in [-0.1, -0.05) is 61.5 Å². The van der Waals surface area contributed by atoms with Crippen LogP contribution in [0.15, 0.2) is 102 Å². The standard InChI is InChI=1S/C26H23NO.C9H8N2/c1-16-15-18-5-2-3-6-20(18)23-14-13-21-22(25(16)23)7-4-8-24(21)26(28)17-9-11-19(27)12-10-17;1-2-5-9-8(4-1)10-6-3-7-11-9/h2-3,5-6,9-16H,4,7-8,27H2,1H3;1-7,10H. The molecule has 192 valence electrons. The highest BCUT2D eigenvalue weighted by Crippen LogP contribution is 2.29. The maximum absolute atomic E-state index is 13.2. The van der Waals surface area contributed by atoms with Gasteiger partial charge < -0.3 is 11.1 Å². The minimum atomic E-state index is 0.133. The van der Waals surface area contributed by atoms with Crippen molar-refractivity contribution in [2.45, 2.75) is 32.1 Å². The van der Waals surface area contributed by atoms with E-state index in [2.05, 4.69) is 59.7 Å². The normalized spacial score (nSPS) is 16.1. The Hall–Kier alpha value is -4.70. The number of para-hydroxylation sites is 2. The molecule has 1 heterocycles. The molecule has 0 fully saturated rings. The number of carbonyl (C=O) groups is 1. The summed E-state index contributed by atoms with van der Waals surface area (Å²) in [6.45, 7) is 2.27. The van der Waals surface area contributed by atoms with E-state index in [-0.39, 0.29) is 5.78 Å². The van der Waals surface area contributed by atoms with E-state index in [1.165, 1.54) is 26.8 Å². The van der Waals surface area contributed by atoms with Crippen molar-refractivity contribution in [3.05, 3.63) is 135 Å². The third-order valence-electron chi connectivity index (χ3n) is 7.66. The molecule has 4 nitrogen and oxygen atoms in total. The minimum absolute atomic E-state index is 0.133. The molecular formula is C35H31N3O. The second-order valence-electron chi connectivity index (χ2n) is 10.2. The van der Waals surface area contributed by atoms with Gasteiger partial charge in [0.25, 0.3) is 0 Å². The maximum atomic E-state index is 13.2. The average molecular weight is 510 g/mol. The summed E-state index contributed by atoms with van der Waals surface area (Å²) in [7, 11) is 0. The number of Topliss-reactive ketones (excluding diaryl/α,β-unsaturated/α-hetero) is 1. The van der Waals surface area contributed by atoms with Crippen LogP contribution < -0.4 is 21.5 Å². The topological polar surface area (TPSA) is 67.5 Å². The first-order chi connectivity index (χ1) is 19.1. The molecule has 0 saturated heterocycles. The molecule has 3 N–H and O–H groups in total. The van der Waals surface area contributed by atoms with Gasteiger partial charge in [-0.05, 0) is 93.7 Å². The highest BCUT2D eigenvalue weighted by atomic mass is 16.1. The quantitative estimate of drug-likeness (QED) is 0.252. The molecule has 4 heteroatoms. The van der Waals surface area contributed by atoms with Gasteiger partial charge >= 0.3 is 0 Å². The number of anilines is 2. The zero-order valence-electron chi connectivity index (χ0n) is 22.0. The Labute approximate surface area is 228 Å². The molecule has 4 aromatic carbocycles. The number of ketones is 1. The van der Waals surface area contributed by atoms with Crippen LogP contribution in [0.25, 0.3) is 11.6 Å². The fourth-order valence-corrected chi connectivity index (χ4v) is 5.85. The van der Waals surface area contributed by atoms with Crippen molar-refractivity contribution in [1.29, 1.82) is 0 Å². The largest absolute Gasteiger partial charge is 0.399 e. The smallest absolute Gasteiger partial charge is 0.189 e. The highest BCUT2D eigenvalue weighted by molar-refractivity contribution is 6.24. The van der Waals surface area contributed by atoms with E-state index in [1.807, 2.05) is 48.7 Å². The van der Waals surface area contributed by atoms with Gasteiger partial charge in [0.2, 0.25) is 0 Å². The van der Waals surface area contributed by atoms with E-state index < -0.39 is 0 Å². The maximum Gasteiger partial charge on any atom is 0.189 e. The second-order valence-corrected chi connectivity index (χ2v) is 10.2. The number of nitrogen functional groups attached to an aromatic ring is 1. The summed E-state index contributed by atoms with van der Waals surface area (Å²) in [5.41, 5.74) is 12.9. The number of aliphatic imine (C=N–C) groups is 1. The van der Waals surface area contributed by atoms with E-state index in [0.29, 0.717) is 11.6 Å². The van der Waals surface area contributed by atoms with Crippen molar-refractivity contribution in [2.75, 3.05) is 11.1 Å². The number of carbonyl (C=O) groups excluding carboxylic acids is 1. The van der Waals surface area contributed by atoms with Gasteiger partial charge in [-0.25, -0.2) is 0 Å². The molecule has 1 unspecified atom stereocenters. The SMILES string of the molecule is C1=CNc2ccccc2N=C1.CC1C=c2ccccc2=c2ccc3c(c21)CCCC=3C(=O)c1ccc(N)cc1. The lowest BCUT2D eigenvalue weighted by atomic mass is 9.81. The summed E-state index contributed by atoms with van der Waals surface area (Å²) in [4.78, 5) is 17.4. The molecule has 1 atom stereocenters. The number of fused-ring (bicyclic) bond motifs is 5. The number of benzene rings is 4. The van der Waals surface area contributed by atoms with Gasteiger partial charge in [0.1, 0.15) is 0 Å². The Balaban J connectivity index is 0.000000210. The molecule has 0 aromatic heterocycles. The van der Waals surface area contributed by atoms with Crippen LogP contribution in [-0.2, 0) is 6.42 Å². The Kier molecular flexibility index (Phi) is 6.68. The Morgan fingerprint density at radius 2 is 1.64 bits per heavy atom. The lowest BCUT2D eigenvalue weighted by Crippen LogP contribution is -2.26. The van der Waals surface area contributed by atoms with Crippen molar-refractivity contribution < 1.29 is 4.79 Å². The molecule has 0 amide bonds. The van der Waals surface area contributed by atoms with Crippen LogP contribution in [0.2, 0.25) is 0 Å². The van der Waals surface area contributed by atoms with E-state index in [0.717, 1.165) is 47.0 Å². The first-order valence-electron chi connectivity index (χ1n) is 13.5. The summed E-state index contributed by atoms with van der Waals surface area (Å²) >= 11 is 0. The molecule has 39 heavy (non-hydrogen) atoms. The fourth-order valence-electron chi connectivity index (χ4n) is 5.85. The number of nitrogens with zero attached hydrogens (tertiary/aromatic N) is 1. The lowest BCUT2D eigenvalue weighted by Gasteiger charge is -2.23. The predicted molar refractivity (Wildman–Crippen MR) is 162 cm³/mol. The highest BCUT2D eigenvalue weighted by Gasteiger charge is 2.22. The summed E-state index contributed by atoms with van der Waals surface area (Å²) in [6.07, 6.45) is 10.8. The average Bonchev–Trinajstić information content (AvgIpc) is 3.23. The Bertz CT molecular complexity index is 1850. The van der Waals surface area contributed by atoms with Crippen molar-refractivity contribution in [3.63, 3.8) is 0 Å². The molecule has 3 aliphatic rings. The summed E-state index contributed by atoms with van der Waals surface area (Å²) in [5, 5.41) is 8.20. The van der Waals surface area contributed by atoms with Crippen LogP contribution in [0.5, 0.6) is 0 Å². The van der Waals surface area contributed by atoms with Crippen LogP contribution >= 0.6 is 0 Å². The Morgan fingerprint density at radius 3 is 2.51 bits per heavy atom. The van der Waals surface area contributed by atoms with Gasteiger partial charge in [-0.15, -0.1) is 0 Å². The van der Waals surface area contributed by atoms with Crippen LogP contribution in [-0.4, -0.2) is 12.0 Å². The number of rotatable bonds is 2. The number of hydrogen-bond acceptors (Lipinski definition) is 4. The number of allylic oxidation sites excluding steroid dienone is 1. The van der Waals surface area contributed by atoms with Crippen molar-refractivity contribution >= 4 is 40.7 Å². The molecular weight excluding hydrogens is 478 g/mol. The number of hydrogen-bond donors (Lipinski definition) is 2. The lowest BCUT2D eigenvalue weighted by molar-refractivity contribution is 0.105. The molecule has 1 aliphatic heterocycles. The van der Waals surface area contributed by atoms with Crippen LogP contribution in [0.1, 0.15) is 47.2 Å². The summed E-state index contributed by atoms with van der Waals surface area (Å²) in [6, 6.07) is 28.2. The number of nitrogens with two attached hydrogens (primary N) is 1. The molecule has 4 aromatic rings. The van der Waals surface area contributed by atoms with Crippen LogP contribution in [0, 0.1) is 10.4 Å². The van der Waals surface area contributed by atoms with Gasteiger partial charge in [-0.2, -0.15) is 0 Å². The first-order valence-corrected chi connectivity index (χ1v) is 13.5. The van der Waals surface area contributed by atoms with Crippen molar-refractivity contribution in [3.8, 4) is 0 Å². The zero-order valence-corrected chi connectivity index (χ0v) is 22.0. The van der Waals surface area contributed by atoms with Crippen LogP contribution in [0.4, 0.5) is 17.1 Å². The van der Waals surface area contributed by atoms with Crippen molar-refractivity contribution in [1.82, 2.24) is 0 Å². The van der Waals surface area contributed by atoms with Gasteiger partial charge in [-0.3, -0.25) is 9.79 Å². The van der Waals surface area contributed by atoms with E-state index in [4.69, 9.17) is 5.73 Å². The monoisotopic (exact) mass is 509 g/mol.